The number of benzene rings is 2. The fraction of sp³-hybridized carbons (Fsp3) is 0.414. The van der Waals surface area contributed by atoms with Crippen LogP contribution in [0.1, 0.15) is 66.0 Å². The maximum Gasteiger partial charge on any atom is 0.469 e. The van der Waals surface area contributed by atoms with Crippen molar-refractivity contribution in [2.75, 3.05) is 6.61 Å². The van der Waals surface area contributed by atoms with Gasteiger partial charge in [0.2, 0.25) is 0 Å². The molecule has 1 atom stereocenters. The van der Waals surface area contributed by atoms with Crippen molar-refractivity contribution < 1.29 is 23.7 Å². The average Bonchev–Trinajstić information content (AvgIpc) is 3.15. The summed E-state index contributed by atoms with van der Waals surface area (Å²) in [5, 5.41) is 1.25. The van der Waals surface area contributed by atoms with E-state index in [-0.39, 0.29) is 6.61 Å². The highest BCUT2D eigenvalue weighted by Gasteiger charge is 2.28. The molecule has 0 unspecified atom stereocenters. The second-order valence-corrected chi connectivity index (χ2v) is 12.1. The fourth-order valence-corrected chi connectivity index (χ4v) is 5.71. The first-order valence-corrected chi connectivity index (χ1v) is 15.4. The number of carbonyl (C=O) groups is 1. The summed E-state index contributed by atoms with van der Waals surface area (Å²) in [5.74, 6) is -0.193. The molecule has 0 radical (unpaired) electrons. The van der Waals surface area contributed by atoms with Crippen LogP contribution < -0.4 is 5.73 Å². The molecule has 0 aliphatic carbocycles. The van der Waals surface area contributed by atoms with Gasteiger partial charge < -0.3 is 20.1 Å². The largest absolute Gasteiger partial charge is 0.469 e. The number of phosphoric ester groups is 1. The Morgan fingerprint density at radius 1 is 1.10 bits per heavy atom. The molecule has 4 N–H and O–H groups in total. The molecule has 0 saturated carbocycles. The highest BCUT2D eigenvalue weighted by molar-refractivity contribution is 7.46. The number of primary amides is 1. The molecule has 212 valence electrons. The molecule has 10 heteroatoms. The van der Waals surface area contributed by atoms with Crippen LogP contribution in [0.25, 0.3) is 11.1 Å². The lowest BCUT2D eigenvalue weighted by Gasteiger charge is -2.18. The van der Waals surface area contributed by atoms with E-state index in [2.05, 4.69) is 18.4 Å². The Morgan fingerprint density at radius 3 is 2.38 bits per heavy atom. The third-order valence-electron chi connectivity index (χ3n) is 6.86. The summed E-state index contributed by atoms with van der Waals surface area (Å²) in [7, 11) is -4.59. The Bertz CT molecular complexity index is 1330. The number of aromatic nitrogens is 1. The Hall–Kier alpha value is -2.12. The van der Waals surface area contributed by atoms with Crippen molar-refractivity contribution in [3.63, 3.8) is 0 Å². The highest BCUT2D eigenvalue weighted by atomic mass is 35.5. The van der Waals surface area contributed by atoms with Crippen molar-refractivity contribution >= 4 is 36.9 Å². The van der Waals surface area contributed by atoms with Crippen LogP contribution >= 0.6 is 31.0 Å². The fourth-order valence-electron chi connectivity index (χ4n) is 5.03. The van der Waals surface area contributed by atoms with E-state index in [0.29, 0.717) is 53.8 Å². The molecule has 0 bridgehead atoms. The number of aryl methyl sites for hydroxylation is 2. The third kappa shape index (κ3) is 8.68. The molecule has 0 aliphatic heterocycles. The summed E-state index contributed by atoms with van der Waals surface area (Å²) < 4.78 is 18.1. The Balaban J connectivity index is 2.18. The summed E-state index contributed by atoms with van der Waals surface area (Å²) in [4.78, 5) is 31.4. The van der Waals surface area contributed by atoms with Crippen LogP contribution in [0.4, 0.5) is 0 Å². The van der Waals surface area contributed by atoms with E-state index in [1.807, 2.05) is 49.4 Å². The van der Waals surface area contributed by atoms with Crippen LogP contribution in [-0.2, 0) is 34.9 Å². The lowest BCUT2D eigenvalue weighted by molar-refractivity contribution is 0.0999. The van der Waals surface area contributed by atoms with Gasteiger partial charge in [-0.1, -0.05) is 74.2 Å². The van der Waals surface area contributed by atoms with Crippen LogP contribution in [0, 0.1) is 12.8 Å². The zero-order chi connectivity index (χ0) is 28.7. The van der Waals surface area contributed by atoms with Crippen LogP contribution in [0.2, 0.25) is 10.0 Å². The number of amides is 1. The number of hydrogen-bond acceptors (Lipinski definition) is 3. The molecular weight excluding hydrogens is 558 g/mol. The lowest BCUT2D eigenvalue weighted by atomic mass is 9.92. The Kier molecular flexibility index (Phi) is 11.3. The molecule has 3 aromatic rings. The van der Waals surface area contributed by atoms with Crippen LogP contribution in [-0.4, -0.2) is 26.9 Å². The highest BCUT2D eigenvalue weighted by Crippen LogP contribution is 2.38. The van der Waals surface area contributed by atoms with E-state index in [0.717, 1.165) is 46.5 Å². The first-order chi connectivity index (χ1) is 18.4. The molecule has 1 amide bonds. The minimum absolute atomic E-state index is 0.124. The smallest absolute Gasteiger partial charge is 0.366 e. The summed E-state index contributed by atoms with van der Waals surface area (Å²) in [6.45, 7) is 6.53. The van der Waals surface area contributed by atoms with Gasteiger partial charge in [-0.15, -0.1) is 0 Å². The molecule has 2 aromatic carbocycles. The molecule has 1 aromatic heterocycles. The molecule has 39 heavy (non-hydrogen) atoms. The maximum absolute atomic E-state index is 13.1. The van der Waals surface area contributed by atoms with Gasteiger partial charge in [0.1, 0.15) is 0 Å². The van der Waals surface area contributed by atoms with E-state index in [1.165, 1.54) is 0 Å². The third-order valence-corrected chi connectivity index (χ3v) is 8.04. The van der Waals surface area contributed by atoms with Gasteiger partial charge in [-0.25, -0.2) is 4.57 Å². The van der Waals surface area contributed by atoms with Gasteiger partial charge in [0.05, 0.1) is 12.2 Å². The number of hydrogen-bond donors (Lipinski definition) is 3. The standard InChI is InChI=1S/C29H37Cl2N2O5P/c1-4-6-19(2)17-26-27(22-11-7-20(3)24(31)18-22)28(29(32)34)25(14-10-21-8-12-23(30)13-9-21)33(26)15-5-16-38-39(35,36)37/h7-9,11-13,18-19H,4-6,10,14-17H2,1-3H3,(H2,32,34)(H2,35,36,37)/t19-/m1/s1. The van der Waals surface area contributed by atoms with Gasteiger partial charge in [0.15, 0.2) is 0 Å². The minimum atomic E-state index is -4.59. The van der Waals surface area contributed by atoms with Crippen molar-refractivity contribution in [3.05, 3.63) is 80.6 Å². The van der Waals surface area contributed by atoms with Gasteiger partial charge in [-0.2, -0.15) is 0 Å². The summed E-state index contributed by atoms with van der Waals surface area (Å²) in [6, 6.07) is 13.3. The summed E-state index contributed by atoms with van der Waals surface area (Å²) >= 11 is 12.6. The van der Waals surface area contributed by atoms with Gasteiger partial charge in [-0.3, -0.25) is 9.32 Å². The monoisotopic (exact) mass is 594 g/mol. The first-order valence-electron chi connectivity index (χ1n) is 13.2. The van der Waals surface area contributed by atoms with Crippen molar-refractivity contribution in [2.24, 2.45) is 11.7 Å². The number of nitrogens with zero attached hydrogens (tertiary/aromatic N) is 1. The summed E-state index contributed by atoms with van der Waals surface area (Å²) in [5.41, 5.74) is 11.9. The van der Waals surface area contributed by atoms with Crippen LogP contribution in [0.15, 0.2) is 42.5 Å². The number of carbonyl (C=O) groups excluding carboxylic acids is 1. The molecule has 1 heterocycles. The minimum Gasteiger partial charge on any atom is -0.366 e. The van der Waals surface area contributed by atoms with Crippen molar-refractivity contribution in [1.29, 1.82) is 0 Å². The van der Waals surface area contributed by atoms with Crippen molar-refractivity contribution in [1.82, 2.24) is 4.57 Å². The molecule has 3 rings (SSSR count). The number of nitrogens with two attached hydrogens (primary N) is 1. The van der Waals surface area contributed by atoms with Crippen LogP contribution in [0.3, 0.4) is 0 Å². The molecular formula is C29H37Cl2N2O5P. The zero-order valence-electron chi connectivity index (χ0n) is 22.6. The van der Waals surface area contributed by atoms with E-state index in [1.54, 1.807) is 0 Å². The molecule has 0 saturated heterocycles. The quantitative estimate of drug-likeness (QED) is 0.136. The molecule has 0 fully saturated rings. The molecule has 0 aliphatic rings. The predicted molar refractivity (Wildman–Crippen MR) is 157 cm³/mol. The lowest BCUT2D eigenvalue weighted by Crippen LogP contribution is -2.16. The average molecular weight is 596 g/mol. The van der Waals surface area contributed by atoms with Gasteiger partial charge in [0.25, 0.3) is 5.91 Å². The predicted octanol–water partition coefficient (Wildman–Crippen LogP) is 7.13. The van der Waals surface area contributed by atoms with Crippen molar-refractivity contribution in [2.45, 2.75) is 65.8 Å². The van der Waals surface area contributed by atoms with Gasteiger partial charge >= 0.3 is 7.82 Å². The van der Waals surface area contributed by atoms with E-state index >= 15 is 0 Å². The maximum atomic E-state index is 13.1. The van der Waals surface area contributed by atoms with E-state index < -0.39 is 13.7 Å². The second-order valence-electron chi connectivity index (χ2n) is 10.0. The van der Waals surface area contributed by atoms with Crippen molar-refractivity contribution in [3.8, 4) is 11.1 Å². The number of halogens is 2. The van der Waals surface area contributed by atoms with E-state index in [9.17, 15) is 9.36 Å². The number of rotatable bonds is 14. The SMILES string of the molecule is CCC[C@@H](C)Cc1c(-c2ccc(C)c(Cl)c2)c(C(N)=O)c(CCc2ccc(Cl)cc2)n1CCCOP(=O)(O)O. The van der Waals surface area contributed by atoms with Crippen LogP contribution in [0.5, 0.6) is 0 Å². The Morgan fingerprint density at radius 2 is 1.79 bits per heavy atom. The normalized spacial score (nSPS) is 12.6. The van der Waals surface area contributed by atoms with E-state index in [4.69, 9.17) is 43.2 Å². The number of phosphoric acid groups is 1. The van der Waals surface area contributed by atoms with Gasteiger partial charge in [-0.05, 0) is 73.4 Å². The first kappa shape index (κ1) is 31.4. The second kappa shape index (κ2) is 14.0. The summed E-state index contributed by atoms with van der Waals surface area (Å²) in [6.07, 6.45) is 4.26. The zero-order valence-corrected chi connectivity index (χ0v) is 25.0. The van der Waals surface area contributed by atoms with Gasteiger partial charge in [0, 0.05) is 33.5 Å². The Labute approximate surface area is 240 Å². The topological polar surface area (TPSA) is 115 Å². The molecule has 7 nitrogen and oxygen atoms in total. The molecule has 0 spiro atoms.